The van der Waals surface area contributed by atoms with Crippen LogP contribution in [0.2, 0.25) is 0 Å². The Morgan fingerprint density at radius 1 is 0.136 bits per heavy atom. The SMILES string of the molecule is c1ccc2cc3ccccc3cc2c1.c1ccc2ccccc2c1.c1ccc2ccccc2c1.c1ccc2ccccc2c1. The molecule has 0 radical (unpaired) electrons. The van der Waals surface area contributed by atoms with Gasteiger partial charge in [-0.3, -0.25) is 0 Å². The van der Waals surface area contributed by atoms with Gasteiger partial charge in [0.15, 0.2) is 0 Å². The van der Waals surface area contributed by atoms with Crippen LogP contribution < -0.4 is 0 Å². The maximum absolute atomic E-state index is 2.24. The Kier molecular flexibility index (Phi) is 9.33. The third kappa shape index (κ3) is 7.37. The Morgan fingerprint density at radius 2 is 0.250 bits per heavy atom. The van der Waals surface area contributed by atoms with Gasteiger partial charge in [0.05, 0.1) is 0 Å². The minimum Gasteiger partial charge on any atom is -0.0616 e. The average molecular weight is 563 g/mol. The third-order valence-electron chi connectivity index (χ3n) is 7.59. The highest BCUT2D eigenvalue weighted by Crippen LogP contribution is 2.22. The number of benzene rings is 9. The standard InChI is InChI=1S/C14H10.3C10H8/c1-2-6-12-10-14-8-4-3-7-13(14)9-11(12)5-1;3*1-2-6-10-8-4-3-7-9(10)5-1/h1-10H;3*1-8H. The van der Waals surface area contributed by atoms with Crippen molar-refractivity contribution in [2.75, 3.05) is 0 Å². The van der Waals surface area contributed by atoms with Gasteiger partial charge in [0, 0.05) is 0 Å². The Morgan fingerprint density at radius 3 is 0.386 bits per heavy atom. The molecule has 0 aliphatic carbocycles. The molecule has 0 bridgehead atoms. The van der Waals surface area contributed by atoms with Crippen LogP contribution >= 0.6 is 0 Å². The summed E-state index contributed by atoms with van der Waals surface area (Å²) >= 11 is 0. The molecule has 44 heavy (non-hydrogen) atoms. The first-order chi connectivity index (χ1) is 21.8. The molecule has 0 atom stereocenters. The Hall–Kier alpha value is -5.72. The zero-order chi connectivity index (χ0) is 29.8. The van der Waals surface area contributed by atoms with E-state index in [0.717, 1.165) is 0 Å². The van der Waals surface area contributed by atoms with Crippen LogP contribution in [-0.2, 0) is 0 Å². The van der Waals surface area contributed by atoms with Gasteiger partial charge in [-0.2, -0.15) is 0 Å². The molecule has 0 fully saturated rings. The van der Waals surface area contributed by atoms with Gasteiger partial charge in [0.2, 0.25) is 0 Å². The fourth-order valence-corrected chi connectivity index (χ4v) is 5.28. The lowest BCUT2D eigenvalue weighted by atomic mass is 10.0. The summed E-state index contributed by atoms with van der Waals surface area (Å²) in [6, 6.07) is 71.6. The molecule has 0 heteroatoms. The van der Waals surface area contributed by atoms with Crippen molar-refractivity contribution in [2.24, 2.45) is 0 Å². The van der Waals surface area contributed by atoms with Crippen molar-refractivity contribution in [2.45, 2.75) is 0 Å². The summed E-state index contributed by atoms with van der Waals surface area (Å²) in [5.41, 5.74) is 0. The van der Waals surface area contributed by atoms with E-state index in [9.17, 15) is 0 Å². The second kappa shape index (κ2) is 14.4. The molecule has 0 aliphatic heterocycles. The Bertz CT molecular complexity index is 1770. The molecule has 0 amide bonds. The van der Waals surface area contributed by atoms with Crippen LogP contribution in [0, 0.1) is 0 Å². The zero-order valence-electron chi connectivity index (χ0n) is 24.6. The number of rotatable bonds is 0. The summed E-state index contributed by atoms with van der Waals surface area (Å²) < 4.78 is 0. The number of fused-ring (bicyclic) bond motifs is 5. The predicted octanol–water partition coefficient (Wildman–Crippen LogP) is 12.5. The van der Waals surface area contributed by atoms with Crippen LogP contribution in [0.1, 0.15) is 0 Å². The largest absolute Gasteiger partial charge is 0.0616 e. The topological polar surface area (TPSA) is 0 Å². The smallest absolute Gasteiger partial charge is 0.0178 e. The van der Waals surface area contributed by atoms with Gasteiger partial charge in [-0.15, -0.1) is 0 Å². The third-order valence-corrected chi connectivity index (χ3v) is 7.59. The molecule has 0 saturated heterocycles. The Balaban J connectivity index is 0.000000105. The highest BCUT2D eigenvalue weighted by atomic mass is 14.0. The molecule has 0 heterocycles. The molecule has 0 spiro atoms. The van der Waals surface area contributed by atoms with Gasteiger partial charge in [-0.25, -0.2) is 0 Å². The van der Waals surface area contributed by atoms with Crippen molar-refractivity contribution in [1.82, 2.24) is 0 Å². The molecule has 9 aromatic carbocycles. The summed E-state index contributed by atoms with van der Waals surface area (Å²) in [7, 11) is 0. The van der Waals surface area contributed by atoms with Gasteiger partial charge in [0.25, 0.3) is 0 Å². The van der Waals surface area contributed by atoms with E-state index >= 15 is 0 Å². The van der Waals surface area contributed by atoms with Crippen LogP contribution in [0.5, 0.6) is 0 Å². The number of hydrogen-bond acceptors (Lipinski definition) is 0. The van der Waals surface area contributed by atoms with Gasteiger partial charge >= 0.3 is 0 Å². The first kappa shape index (κ1) is 28.4. The lowest BCUT2D eigenvalue weighted by Gasteiger charge is -2.00. The molecular weight excluding hydrogens is 528 g/mol. The van der Waals surface area contributed by atoms with E-state index in [2.05, 4.69) is 206 Å². The van der Waals surface area contributed by atoms with Crippen molar-refractivity contribution in [1.29, 1.82) is 0 Å². The quantitative estimate of drug-likeness (QED) is 0.161. The lowest BCUT2D eigenvalue weighted by Crippen LogP contribution is -1.74. The van der Waals surface area contributed by atoms with Gasteiger partial charge < -0.3 is 0 Å². The molecule has 9 rings (SSSR count). The van der Waals surface area contributed by atoms with Crippen molar-refractivity contribution < 1.29 is 0 Å². The fraction of sp³-hybridized carbons (Fsp3) is 0. The number of hydrogen-bond donors (Lipinski definition) is 0. The van der Waals surface area contributed by atoms with E-state index in [4.69, 9.17) is 0 Å². The maximum atomic E-state index is 2.24. The van der Waals surface area contributed by atoms with E-state index in [1.165, 1.54) is 53.9 Å². The fourth-order valence-electron chi connectivity index (χ4n) is 5.28. The van der Waals surface area contributed by atoms with Crippen LogP contribution in [0.4, 0.5) is 0 Å². The second-order valence-electron chi connectivity index (χ2n) is 10.6. The second-order valence-corrected chi connectivity index (χ2v) is 10.6. The van der Waals surface area contributed by atoms with Crippen molar-refractivity contribution in [3.05, 3.63) is 206 Å². The van der Waals surface area contributed by atoms with Crippen molar-refractivity contribution in [3.63, 3.8) is 0 Å². The van der Waals surface area contributed by atoms with Crippen LogP contribution in [-0.4, -0.2) is 0 Å². The molecule has 9 aromatic rings. The molecule has 0 saturated carbocycles. The molecule has 0 aromatic heterocycles. The van der Waals surface area contributed by atoms with Gasteiger partial charge in [0.1, 0.15) is 0 Å². The van der Waals surface area contributed by atoms with Crippen molar-refractivity contribution >= 4 is 53.9 Å². The lowest BCUT2D eigenvalue weighted by molar-refractivity contribution is 1.75. The van der Waals surface area contributed by atoms with Crippen LogP contribution in [0.15, 0.2) is 206 Å². The molecule has 210 valence electrons. The van der Waals surface area contributed by atoms with E-state index in [-0.39, 0.29) is 0 Å². The minimum atomic E-state index is 1.31. The monoisotopic (exact) mass is 562 g/mol. The predicted molar refractivity (Wildman–Crippen MR) is 193 cm³/mol. The first-order valence-corrected chi connectivity index (χ1v) is 15.0. The molecule has 0 nitrogen and oxygen atoms in total. The molecule has 0 unspecified atom stereocenters. The first-order valence-electron chi connectivity index (χ1n) is 15.0. The van der Waals surface area contributed by atoms with E-state index in [1.807, 2.05) is 0 Å². The highest BCUT2D eigenvalue weighted by molar-refractivity contribution is 5.98. The van der Waals surface area contributed by atoms with Crippen molar-refractivity contribution in [3.8, 4) is 0 Å². The van der Waals surface area contributed by atoms with Crippen LogP contribution in [0.3, 0.4) is 0 Å². The van der Waals surface area contributed by atoms with Gasteiger partial charge in [-0.05, 0) is 66.0 Å². The van der Waals surface area contributed by atoms with E-state index in [1.54, 1.807) is 0 Å². The zero-order valence-corrected chi connectivity index (χ0v) is 24.6. The average Bonchev–Trinajstić information content (AvgIpc) is 3.12. The minimum absolute atomic E-state index is 1.31. The summed E-state index contributed by atoms with van der Waals surface area (Å²) in [6.07, 6.45) is 0. The summed E-state index contributed by atoms with van der Waals surface area (Å²) in [6.45, 7) is 0. The van der Waals surface area contributed by atoms with Crippen LogP contribution in [0.25, 0.3) is 53.9 Å². The maximum Gasteiger partial charge on any atom is -0.0178 e. The Labute approximate surface area is 259 Å². The normalized spacial score (nSPS) is 10.3. The molecular formula is C44H34. The van der Waals surface area contributed by atoms with E-state index in [0.29, 0.717) is 0 Å². The summed E-state index contributed by atoms with van der Waals surface area (Å²) in [4.78, 5) is 0. The highest BCUT2D eigenvalue weighted by Gasteiger charge is 1.95. The summed E-state index contributed by atoms with van der Waals surface area (Å²) in [5, 5.41) is 13.1. The summed E-state index contributed by atoms with van der Waals surface area (Å²) in [5.74, 6) is 0. The van der Waals surface area contributed by atoms with Gasteiger partial charge in [-0.1, -0.05) is 194 Å². The van der Waals surface area contributed by atoms with E-state index < -0.39 is 0 Å². The molecule has 0 aliphatic rings. The molecule has 0 N–H and O–H groups in total.